The molecule has 1 aromatic heterocycles. The maximum Gasteiger partial charge on any atom is 0.407 e. The molecular formula is C15H26N2O2S. The van der Waals surface area contributed by atoms with E-state index in [-0.39, 0.29) is 12.1 Å². The van der Waals surface area contributed by atoms with Gasteiger partial charge in [0, 0.05) is 5.38 Å². The molecule has 0 aliphatic carbocycles. The molecule has 5 heteroatoms. The lowest BCUT2D eigenvalue weighted by molar-refractivity contribution is 0.120. The minimum absolute atomic E-state index is 0.108. The molecule has 114 valence electrons. The van der Waals surface area contributed by atoms with E-state index in [0.29, 0.717) is 12.5 Å². The fraction of sp³-hybridized carbons (Fsp3) is 0.733. The predicted octanol–water partition coefficient (Wildman–Crippen LogP) is 4.46. The van der Waals surface area contributed by atoms with E-state index in [0.717, 1.165) is 23.5 Å². The molecule has 1 rings (SSSR count). The number of aryl methyl sites for hydroxylation is 1. The second kappa shape index (κ2) is 8.95. The molecule has 0 radical (unpaired) electrons. The third-order valence-electron chi connectivity index (χ3n) is 3.41. The van der Waals surface area contributed by atoms with Gasteiger partial charge in [-0.1, -0.05) is 33.1 Å². The molecule has 20 heavy (non-hydrogen) atoms. The lowest BCUT2D eigenvalue weighted by Crippen LogP contribution is -2.29. The Morgan fingerprint density at radius 3 is 2.80 bits per heavy atom. The summed E-state index contributed by atoms with van der Waals surface area (Å²) >= 11 is 1.59. The van der Waals surface area contributed by atoms with Crippen molar-refractivity contribution in [1.82, 2.24) is 10.3 Å². The van der Waals surface area contributed by atoms with Gasteiger partial charge in [-0.25, -0.2) is 9.78 Å². The molecule has 2 unspecified atom stereocenters. The van der Waals surface area contributed by atoms with Crippen LogP contribution in [-0.2, 0) is 4.74 Å². The number of carbonyl (C=O) groups excluding carboxylic acids is 1. The van der Waals surface area contributed by atoms with Crippen LogP contribution in [0.5, 0.6) is 0 Å². The molecule has 4 nitrogen and oxygen atoms in total. The highest BCUT2D eigenvalue weighted by molar-refractivity contribution is 7.09. The highest BCUT2D eigenvalue weighted by Gasteiger charge is 2.14. The van der Waals surface area contributed by atoms with Crippen molar-refractivity contribution in [2.75, 3.05) is 6.61 Å². The summed E-state index contributed by atoms with van der Waals surface area (Å²) in [4.78, 5) is 16.1. The summed E-state index contributed by atoms with van der Waals surface area (Å²) < 4.78 is 5.32. The molecule has 0 aliphatic rings. The van der Waals surface area contributed by atoms with Gasteiger partial charge >= 0.3 is 6.09 Å². The number of nitrogens with one attached hydrogen (secondary N) is 1. The summed E-state index contributed by atoms with van der Waals surface area (Å²) in [6.45, 7) is 8.70. The van der Waals surface area contributed by atoms with Crippen LogP contribution in [0.25, 0.3) is 0 Å². The summed E-state index contributed by atoms with van der Waals surface area (Å²) in [6.07, 6.45) is 4.20. The van der Waals surface area contributed by atoms with Crippen molar-refractivity contribution in [1.29, 1.82) is 0 Å². The smallest absolute Gasteiger partial charge is 0.407 e. The standard InChI is InChI=1S/C15H26N2O2S/c1-5-7-8-13(6-2)9-19-15(18)16-11(3)14-10-20-12(4)17-14/h10-11,13H,5-9H2,1-4H3,(H,16,18). The molecule has 1 amide bonds. The number of alkyl carbamates (subject to hydrolysis) is 1. The van der Waals surface area contributed by atoms with Crippen LogP contribution in [0.3, 0.4) is 0 Å². The number of aromatic nitrogens is 1. The Bertz CT molecular complexity index is 406. The SMILES string of the molecule is CCCCC(CC)COC(=O)NC(C)c1csc(C)n1. The van der Waals surface area contributed by atoms with E-state index in [1.54, 1.807) is 11.3 Å². The van der Waals surface area contributed by atoms with Crippen molar-refractivity contribution in [3.63, 3.8) is 0 Å². The third kappa shape index (κ3) is 5.90. The molecule has 0 saturated heterocycles. The Balaban J connectivity index is 2.32. The highest BCUT2D eigenvalue weighted by Crippen LogP contribution is 2.16. The number of rotatable bonds is 8. The fourth-order valence-electron chi connectivity index (χ4n) is 1.96. The van der Waals surface area contributed by atoms with Gasteiger partial charge in [0.1, 0.15) is 0 Å². The Morgan fingerprint density at radius 1 is 1.50 bits per heavy atom. The van der Waals surface area contributed by atoms with Gasteiger partial charge in [0.05, 0.1) is 23.4 Å². The van der Waals surface area contributed by atoms with E-state index in [1.165, 1.54) is 12.8 Å². The van der Waals surface area contributed by atoms with Gasteiger partial charge in [0.2, 0.25) is 0 Å². The number of thiazole rings is 1. The van der Waals surface area contributed by atoms with Gasteiger partial charge < -0.3 is 10.1 Å². The predicted molar refractivity (Wildman–Crippen MR) is 83.1 cm³/mol. The van der Waals surface area contributed by atoms with Crippen LogP contribution in [0.15, 0.2) is 5.38 Å². The van der Waals surface area contributed by atoms with Gasteiger partial charge in [0.25, 0.3) is 0 Å². The summed E-state index contributed by atoms with van der Waals surface area (Å²) in [5, 5.41) is 5.80. The van der Waals surface area contributed by atoms with Crippen molar-refractivity contribution in [3.8, 4) is 0 Å². The number of hydrogen-bond donors (Lipinski definition) is 1. The quantitative estimate of drug-likeness (QED) is 0.771. The van der Waals surface area contributed by atoms with Crippen molar-refractivity contribution in [3.05, 3.63) is 16.1 Å². The molecule has 0 saturated carbocycles. The normalized spacial score (nSPS) is 13.8. The first kappa shape index (κ1) is 17.0. The van der Waals surface area contributed by atoms with Crippen molar-refractivity contribution in [2.45, 2.75) is 59.4 Å². The van der Waals surface area contributed by atoms with Crippen LogP contribution in [0.4, 0.5) is 4.79 Å². The number of amides is 1. The van der Waals surface area contributed by atoms with Crippen molar-refractivity contribution < 1.29 is 9.53 Å². The van der Waals surface area contributed by atoms with Crippen LogP contribution in [0.2, 0.25) is 0 Å². The van der Waals surface area contributed by atoms with Gasteiger partial charge in [-0.3, -0.25) is 0 Å². The van der Waals surface area contributed by atoms with Crippen LogP contribution in [-0.4, -0.2) is 17.7 Å². The van der Waals surface area contributed by atoms with Crippen LogP contribution >= 0.6 is 11.3 Å². The number of hydrogen-bond acceptors (Lipinski definition) is 4. The van der Waals surface area contributed by atoms with Gasteiger partial charge in [-0.2, -0.15) is 0 Å². The highest BCUT2D eigenvalue weighted by atomic mass is 32.1. The van der Waals surface area contributed by atoms with E-state index >= 15 is 0 Å². The van der Waals surface area contributed by atoms with E-state index in [9.17, 15) is 4.79 Å². The first-order valence-corrected chi connectivity index (χ1v) is 8.30. The first-order valence-electron chi connectivity index (χ1n) is 7.42. The van der Waals surface area contributed by atoms with Crippen LogP contribution < -0.4 is 5.32 Å². The largest absolute Gasteiger partial charge is 0.449 e. The second-order valence-corrected chi connectivity index (χ2v) is 6.23. The molecule has 1 N–H and O–H groups in total. The van der Waals surface area contributed by atoms with Crippen molar-refractivity contribution in [2.24, 2.45) is 5.92 Å². The second-order valence-electron chi connectivity index (χ2n) is 5.17. The maximum absolute atomic E-state index is 11.8. The Labute approximate surface area is 125 Å². The molecule has 1 aromatic rings. The van der Waals surface area contributed by atoms with Gasteiger partial charge in [-0.15, -0.1) is 11.3 Å². The molecule has 0 aromatic carbocycles. The molecule has 0 bridgehead atoms. The Hall–Kier alpha value is -1.10. The number of unbranched alkanes of at least 4 members (excludes halogenated alkanes) is 1. The van der Waals surface area contributed by atoms with Crippen LogP contribution in [0.1, 0.15) is 63.2 Å². The minimum atomic E-state index is -0.349. The van der Waals surface area contributed by atoms with Crippen molar-refractivity contribution >= 4 is 17.4 Å². The van der Waals surface area contributed by atoms with E-state index in [4.69, 9.17) is 4.74 Å². The van der Waals surface area contributed by atoms with Crippen LogP contribution in [0, 0.1) is 12.8 Å². The summed E-state index contributed by atoms with van der Waals surface area (Å²) in [5.74, 6) is 0.470. The molecular weight excluding hydrogens is 272 g/mol. The molecule has 0 fully saturated rings. The summed E-state index contributed by atoms with van der Waals surface area (Å²) in [7, 11) is 0. The third-order valence-corrected chi connectivity index (χ3v) is 4.20. The minimum Gasteiger partial charge on any atom is -0.449 e. The lowest BCUT2D eigenvalue weighted by atomic mass is 10.0. The zero-order valence-corrected chi connectivity index (χ0v) is 13.8. The van der Waals surface area contributed by atoms with E-state index in [2.05, 4.69) is 24.1 Å². The molecule has 2 atom stereocenters. The average molecular weight is 298 g/mol. The summed E-state index contributed by atoms with van der Waals surface area (Å²) in [6, 6.07) is -0.108. The molecule has 1 heterocycles. The molecule has 0 spiro atoms. The summed E-state index contributed by atoms with van der Waals surface area (Å²) in [5.41, 5.74) is 0.891. The van der Waals surface area contributed by atoms with Gasteiger partial charge in [-0.05, 0) is 26.2 Å². The topological polar surface area (TPSA) is 51.2 Å². The zero-order valence-electron chi connectivity index (χ0n) is 12.9. The Morgan fingerprint density at radius 2 is 2.25 bits per heavy atom. The fourth-order valence-corrected chi connectivity index (χ4v) is 2.67. The maximum atomic E-state index is 11.8. The number of carbonyl (C=O) groups is 1. The average Bonchev–Trinajstić information content (AvgIpc) is 2.86. The monoisotopic (exact) mass is 298 g/mol. The number of nitrogens with zero attached hydrogens (tertiary/aromatic N) is 1. The number of ether oxygens (including phenoxy) is 1. The van der Waals surface area contributed by atoms with E-state index in [1.807, 2.05) is 19.2 Å². The van der Waals surface area contributed by atoms with E-state index < -0.39 is 0 Å². The zero-order chi connectivity index (χ0) is 15.0. The first-order chi connectivity index (χ1) is 9.56. The molecule has 0 aliphatic heterocycles. The lowest BCUT2D eigenvalue weighted by Gasteiger charge is -2.16. The Kier molecular flexibility index (Phi) is 7.59. The van der Waals surface area contributed by atoms with Gasteiger partial charge in [0.15, 0.2) is 0 Å².